The summed E-state index contributed by atoms with van der Waals surface area (Å²) in [7, 11) is 1.98. The van der Waals surface area contributed by atoms with Gasteiger partial charge in [0.1, 0.15) is 5.82 Å². The topological polar surface area (TPSA) is 69.6 Å². The Hall–Kier alpha value is -3.00. The minimum absolute atomic E-state index is 0.274. The second-order valence-corrected chi connectivity index (χ2v) is 8.17. The Balaban J connectivity index is 1.33. The Kier molecular flexibility index (Phi) is 5.94. The van der Waals surface area contributed by atoms with Crippen molar-refractivity contribution in [2.75, 3.05) is 5.75 Å². The van der Waals surface area contributed by atoms with Gasteiger partial charge in [0.15, 0.2) is 11.0 Å². The number of halogens is 1. The molecule has 0 aliphatic carbocycles. The maximum absolute atomic E-state index is 13.7. The van der Waals surface area contributed by atoms with Gasteiger partial charge in [-0.2, -0.15) is 4.98 Å². The Bertz CT molecular complexity index is 1170. The average molecular weight is 424 g/mol. The highest BCUT2D eigenvalue weighted by Gasteiger charge is 2.14. The average Bonchev–Trinajstić information content (AvgIpc) is 3.35. The van der Waals surface area contributed by atoms with Crippen molar-refractivity contribution in [3.8, 4) is 22.8 Å². The lowest BCUT2D eigenvalue weighted by atomic mass is 10.1. The SMILES string of the molecule is Cc1ccc(-c2noc(CCCSc3nnc(-c4ccccc4C)n3C)n2)cc1F. The molecule has 6 nitrogen and oxygen atoms in total. The van der Waals surface area contributed by atoms with E-state index in [1.807, 2.05) is 23.7 Å². The standard InChI is InChI=1S/C22H22FN5OS/c1-14-7-4-5-8-17(14)21-25-26-22(28(21)3)30-12-6-9-19-24-20(27-29-19)16-11-10-15(2)18(23)13-16/h4-5,7-8,10-11,13H,6,9,12H2,1-3H3. The van der Waals surface area contributed by atoms with Gasteiger partial charge in [0.25, 0.3) is 0 Å². The minimum Gasteiger partial charge on any atom is -0.339 e. The van der Waals surface area contributed by atoms with Crippen molar-refractivity contribution in [1.29, 1.82) is 0 Å². The van der Waals surface area contributed by atoms with E-state index in [9.17, 15) is 4.39 Å². The molecule has 0 aliphatic rings. The molecule has 0 atom stereocenters. The van der Waals surface area contributed by atoms with E-state index in [1.54, 1.807) is 30.8 Å². The number of nitrogens with zero attached hydrogens (tertiary/aromatic N) is 5. The van der Waals surface area contributed by atoms with Gasteiger partial charge >= 0.3 is 0 Å². The third-order valence-electron chi connectivity index (χ3n) is 4.89. The van der Waals surface area contributed by atoms with Crippen LogP contribution >= 0.6 is 11.8 Å². The van der Waals surface area contributed by atoms with Crippen LogP contribution < -0.4 is 0 Å². The highest BCUT2D eigenvalue weighted by atomic mass is 32.2. The molecule has 0 N–H and O–H groups in total. The number of thioether (sulfide) groups is 1. The summed E-state index contributed by atoms with van der Waals surface area (Å²) in [4.78, 5) is 4.38. The Morgan fingerprint density at radius 2 is 1.90 bits per heavy atom. The molecule has 2 aromatic heterocycles. The van der Waals surface area contributed by atoms with Crippen LogP contribution in [0.5, 0.6) is 0 Å². The zero-order valence-electron chi connectivity index (χ0n) is 17.1. The first-order valence-corrected chi connectivity index (χ1v) is 10.7. The van der Waals surface area contributed by atoms with Crippen LogP contribution in [0.2, 0.25) is 0 Å². The van der Waals surface area contributed by atoms with Crippen molar-refractivity contribution >= 4 is 11.8 Å². The number of benzene rings is 2. The molecule has 0 radical (unpaired) electrons. The van der Waals surface area contributed by atoms with E-state index in [-0.39, 0.29) is 5.82 Å². The molecular weight excluding hydrogens is 401 g/mol. The molecule has 2 aromatic carbocycles. The van der Waals surface area contributed by atoms with Crippen molar-refractivity contribution in [2.24, 2.45) is 7.05 Å². The van der Waals surface area contributed by atoms with Gasteiger partial charge in [-0.1, -0.05) is 53.3 Å². The molecule has 0 amide bonds. The summed E-state index contributed by atoms with van der Waals surface area (Å²) in [5.74, 6) is 2.39. The fourth-order valence-corrected chi connectivity index (χ4v) is 3.94. The summed E-state index contributed by atoms with van der Waals surface area (Å²) in [6.45, 7) is 3.79. The summed E-state index contributed by atoms with van der Waals surface area (Å²) < 4.78 is 21.1. The third-order valence-corrected chi connectivity index (χ3v) is 5.99. The van der Waals surface area contributed by atoms with E-state index in [2.05, 4.69) is 39.4 Å². The second kappa shape index (κ2) is 8.79. The lowest BCUT2D eigenvalue weighted by Gasteiger charge is -2.06. The Labute approximate surface area is 178 Å². The monoisotopic (exact) mass is 423 g/mol. The van der Waals surface area contributed by atoms with E-state index in [4.69, 9.17) is 4.52 Å². The van der Waals surface area contributed by atoms with Crippen LogP contribution in [-0.2, 0) is 13.5 Å². The number of hydrogen-bond acceptors (Lipinski definition) is 6. The van der Waals surface area contributed by atoms with Crippen molar-refractivity contribution in [3.05, 3.63) is 65.3 Å². The van der Waals surface area contributed by atoms with Gasteiger partial charge < -0.3 is 9.09 Å². The number of rotatable bonds is 7. The number of aryl methyl sites for hydroxylation is 3. The van der Waals surface area contributed by atoms with Crippen LogP contribution in [0.3, 0.4) is 0 Å². The first kappa shape index (κ1) is 20.3. The molecule has 0 spiro atoms. The van der Waals surface area contributed by atoms with E-state index in [1.165, 1.54) is 11.6 Å². The van der Waals surface area contributed by atoms with E-state index in [0.29, 0.717) is 29.3 Å². The van der Waals surface area contributed by atoms with Crippen LogP contribution in [0.1, 0.15) is 23.4 Å². The van der Waals surface area contributed by atoms with Gasteiger partial charge in [0.05, 0.1) is 0 Å². The quantitative estimate of drug-likeness (QED) is 0.307. The van der Waals surface area contributed by atoms with E-state index < -0.39 is 0 Å². The zero-order valence-corrected chi connectivity index (χ0v) is 17.9. The fourth-order valence-electron chi connectivity index (χ4n) is 3.09. The van der Waals surface area contributed by atoms with Crippen LogP contribution in [-0.4, -0.2) is 30.7 Å². The summed E-state index contributed by atoms with van der Waals surface area (Å²) in [5.41, 5.74) is 3.47. The lowest BCUT2D eigenvalue weighted by molar-refractivity contribution is 0.378. The van der Waals surface area contributed by atoms with Gasteiger partial charge in [0.2, 0.25) is 11.7 Å². The smallest absolute Gasteiger partial charge is 0.226 e. The summed E-state index contributed by atoms with van der Waals surface area (Å²) in [5, 5.41) is 13.5. The predicted octanol–water partition coefficient (Wildman–Crippen LogP) is 5.01. The maximum atomic E-state index is 13.7. The van der Waals surface area contributed by atoms with Crippen molar-refractivity contribution in [3.63, 3.8) is 0 Å². The molecule has 0 saturated heterocycles. The maximum Gasteiger partial charge on any atom is 0.226 e. The molecule has 2 heterocycles. The van der Waals surface area contributed by atoms with Gasteiger partial charge in [-0.05, 0) is 37.5 Å². The molecule has 0 unspecified atom stereocenters. The van der Waals surface area contributed by atoms with Crippen LogP contribution in [0.4, 0.5) is 4.39 Å². The summed E-state index contributed by atoms with van der Waals surface area (Å²) in [6, 6.07) is 13.1. The summed E-state index contributed by atoms with van der Waals surface area (Å²) >= 11 is 1.64. The zero-order chi connectivity index (χ0) is 21.1. The highest BCUT2D eigenvalue weighted by molar-refractivity contribution is 7.99. The van der Waals surface area contributed by atoms with E-state index >= 15 is 0 Å². The molecule has 30 heavy (non-hydrogen) atoms. The molecule has 0 saturated carbocycles. The third kappa shape index (κ3) is 4.28. The highest BCUT2D eigenvalue weighted by Crippen LogP contribution is 2.25. The van der Waals surface area contributed by atoms with Crippen LogP contribution in [0.15, 0.2) is 52.1 Å². The lowest BCUT2D eigenvalue weighted by Crippen LogP contribution is -1.97. The van der Waals surface area contributed by atoms with Gasteiger partial charge in [-0.3, -0.25) is 0 Å². The molecule has 0 fully saturated rings. The Morgan fingerprint density at radius 3 is 2.70 bits per heavy atom. The molecule has 4 rings (SSSR count). The molecule has 8 heteroatoms. The van der Waals surface area contributed by atoms with E-state index in [0.717, 1.165) is 28.7 Å². The van der Waals surface area contributed by atoms with Crippen LogP contribution in [0, 0.1) is 19.7 Å². The first-order chi connectivity index (χ1) is 14.5. The second-order valence-electron chi connectivity index (χ2n) is 7.11. The summed E-state index contributed by atoms with van der Waals surface area (Å²) in [6.07, 6.45) is 1.50. The Morgan fingerprint density at radius 1 is 1.07 bits per heavy atom. The van der Waals surface area contributed by atoms with Crippen molar-refractivity contribution in [1.82, 2.24) is 24.9 Å². The predicted molar refractivity (Wildman–Crippen MR) is 115 cm³/mol. The molecule has 0 bridgehead atoms. The molecule has 4 aromatic rings. The van der Waals surface area contributed by atoms with Crippen molar-refractivity contribution < 1.29 is 8.91 Å². The van der Waals surface area contributed by atoms with Crippen LogP contribution in [0.25, 0.3) is 22.8 Å². The number of aromatic nitrogens is 5. The van der Waals surface area contributed by atoms with Crippen molar-refractivity contribution in [2.45, 2.75) is 31.8 Å². The first-order valence-electron chi connectivity index (χ1n) is 9.70. The number of hydrogen-bond donors (Lipinski definition) is 0. The van der Waals surface area contributed by atoms with Gasteiger partial charge in [-0.25, -0.2) is 4.39 Å². The van der Waals surface area contributed by atoms with Gasteiger partial charge in [-0.15, -0.1) is 10.2 Å². The van der Waals surface area contributed by atoms with Gasteiger partial charge in [0, 0.05) is 30.3 Å². The largest absolute Gasteiger partial charge is 0.339 e. The molecule has 0 aliphatic heterocycles. The fraction of sp³-hybridized carbons (Fsp3) is 0.273. The minimum atomic E-state index is -0.274. The molecule has 154 valence electrons. The normalized spacial score (nSPS) is 11.2. The molecular formula is C22H22FN5OS.